The number of hydrogen-bond donors (Lipinski definition) is 2. The first-order valence-corrected chi connectivity index (χ1v) is 10.6. The van der Waals surface area contributed by atoms with Crippen molar-refractivity contribution in [2.45, 2.75) is 70.2 Å². The van der Waals surface area contributed by atoms with Crippen LogP contribution in [-0.2, 0) is 19.1 Å². The van der Waals surface area contributed by atoms with Gasteiger partial charge in [0.1, 0.15) is 5.60 Å². The van der Waals surface area contributed by atoms with Crippen molar-refractivity contribution in [1.29, 1.82) is 0 Å². The van der Waals surface area contributed by atoms with Gasteiger partial charge in [-0.25, -0.2) is 4.39 Å². The number of rotatable bonds is 3. The van der Waals surface area contributed by atoms with E-state index in [1.165, 1.54) is 19.1 Å². The molecular weight excluding hydrogens is 391 g/mol. The topological polar surface area (TPSA) is 101 Å². The van der Waals surface area contributed by atoms with Crippen molar-refractivity contribution < 1.29 is 33.7 Å². The molecule has 0 spiro atoms. The molecule has 3 saturated carbocycles. The Balaban J connectivity index is 1.72. The number of esters is 1. The van der Waals surface area contributed by atoms with E-state index in [1.807, 2.05) is 0 Å². The smallest absolute Gasteiger partial charge is 0.303 e. The van der Waals surface area contributed by atoms with Gasteiger partial charge >= 0.3 is 5.97 Å². The molecule has 4 rings (SSSR count). The van der Waals surface area contributed by atoms with Crippen LogP contribution in [0.4, 0.5) is 4.39 Å². The maximum Gasteiger partial charge on any atom is 0.303 e. The molecule has 0 saturated heterocycles. The van der Waals surface area contributed by atoms with Gasteiger partial charge in [-0.3, -0.25) is 14.4 Å². The second kappa shape index (κ2) is 6.57. The highest BCUT2D eigenvalue weighted by Crippen LogP contribution is 2.69. The third-order valence-corrected chi connectivity index (χ3v) is 8.66. The van der Waals surface area contributed by atoms with Gasteiger partial charge in [-0.15, -0.1) is 0 Å². The zero-order valence-corrected chi connectivity index (χ0v) is 17.6. The highest BCUT2D eigenvalue weighted by Gasteiger charge is 2.74. The summed E-state index contributed by atoms with van der Waals surface area (Å²) in [6, 6.07) is 0. The molecular formula is C23H29FO6. The van der Waals surface area contributed by atoms with Gasteiger partial charge in [0.15, 0.2) is 18.1 Å². The lowest BCUT2D eigenvalue weighted by Gasteiger charge is -2.62. The Bertz CT molecular complexity index is 879. The third kappa shape index (κ3) is 2.51. The minimum Gasteiger partial charge on any atom is -0.458 e. The highest BCUT2D eigenvalue weighted by atomic mass is 19.1. The molecule has 2 N–H and O–H groups in total. The minimum atomic E-state index is -2.00. The molecule has 4 aliphatic carbocycles. The number of ketones is 2. The Morgan fingerprint density at radius 3 is 2.63 bits per heavy atom. The Hall–Kier alpha value is -1.86. The van der Waals surface area contributed by atoms with E-state index < -0.39 is 52.5 Å². The van der Waals surface area contributed by atoms with Crippen molar-refractivity contribution in [1.82, 2.24) is 0 Å². The molecule has 0 amide bonds. The summed E-state index contributed by atoms with van der Waals surface area (Å²) in [5, 5.41) is 22.6. The van der Waals surface area contributed by atoms with Crippen LogP contribution in [0.15, 0.2) is 23.8 Å². The number of fused-ring (bicyclic) bond motifs is 5. The molecule has 0 aliphatic heterocycles. The first-order valence-electron chi connectivity index (χ1n) is 10.6. The molecule has 7 atom stereocenters. The van der Waals surface area contributed by atoms with Gasteiger partial charge in [0.05, 0.1) is 6.10 Å². The summed E-state index contributed by atoms with van der Waals surface area (Å²) in [6.07, 6.45) is 4.47. The minimum absolute atomic E-state index is 0.0857. The fourth-order valence-corrected chi connectivity index (χ4v) is 6.96. The van der Waals surface area contributed by atoms with Gasteiger partial charge in [0.25, 0.3) is 0 Å². The van der Waals surface area contributed by atoms with Crippen LogP contribution < -0.4 is 0 Å². The maximum absolute atomic E-state index is 16.9. The average molecular weight is 420 g/mol. The van der Waals surface area contributed by atoms with Crippen LogP contribution in [0.5, 0.6) is 0 Å². The molecule has 6 nitrogen and oxygen atoms in total. The molecule has 4 aliphatic rings. The maximum atomic E-state index is 16.9. The molecule has 1 unspecified atom stereocenters. The third-order valence-electron chi connectivity index (χ3n) is 8.66. The molecule has 0 aromatic heterocycles. The molecule has 0 heterocycles. The summed E-state index contributed by atoms with van der Waals surface area (Å²) in [4.78, 5) is 35.8. The SMILES string of the molecule is CC(=O)OCC(=O)[C@@]1(O)CC[C@H]2[C@@H]3CCC4=CC(=O)C=C[C@]4(C)[C@@]3(F)C(O)C[C@@]21C. The van der Waals surface area contributed by atoms with Crippen molar-refractivity contribution in [3.63, 3.8) is 0 Å². The summed E-state index contributed by atoms with van der Waals surface area (Å²) >= 11 is 0. The number of alkyl halides is 1. The predicted molar refractivity (Wildman–Crippen MR) is 105 cm³/mol. The zero-order chi connectivity index (χ0) is 22.1. The fourth-order valence-electron chi connectivity index (χ4n) is 6.96. The Kier molecular flexibility index (Phi) is 4.68. The second-order valence-corrected chi connectivity index (χ2v) is 9.87. The number of aliphatic hydroxyl groups is 2. The van der Waals surface area contributed by atoms with Gasteiger partial charge < -0.3 is 14.9 Å². The Labute approximate surface area is 175 Å². The number of allylic oxidation sites excluding steroid dienone is 4. The van der Waals surface area contributed by atoms with E-state index in [4.69, 9.17) is 4.74 Å². The van der Waals surface area contributed by atoms with Crippen LogP contribution in [0.3, 0.4) is 0 Å². The van der Waals surface area contributed by atoms with Crippen molar-refractivity contribution >= 4 is 17.5 Å². The van der Waals surface area contributed by atoms with Crippen LogP contribution >= 0.6 is 0 Å². The molecule has 0 radical (unpaired) electrons. The average Bonchev–Trinajstić information content (AvgIpc) is 2.94. The monoisotopic (exact) mass is 420 g/mol. The van der Waals surface area contributed by atoms with Crippen molar-refractivity contribution in [3.05, 3.63) is 23.8 Å². The zero-order valence-electron chi connectivity index (χ0n) is 17.6. The molecule has 0 aromatic rings. The van der Waals surface area contributed by atoms with Crippen LogP contribution in [0.2, 0.25) is 0 Å². The standard InChI is InChI=1S/C23H29FO6/c1-13(25)30-12-19(28)22(29)9-7-16-17-5-4-14-10-15(26)6-8-20(14,2)23(17,24)18(27)11-21(16,22)3/h6,8,10,16-18,27,29H,4-5,7,9,11-12H2,1-3H3/t16-,17-,18?,20-,21-,22-,23-/m0/s1. The van der Waals surface area contributed by atoms with Gasteiger partial charge in [0, 0.05) is 23.7 Å². The first kappa shape index (κ1) is 21.4. The molecule has 7 heteroatoms. The van der Waals surface area contributed by atoms with E-state index in [2.05, 4.69) is 0 Å². The summed E-state index contributed by atoms with van der Waals surface area (Å²) in [5.41, 5.74) is -5.23. The summed E-state index contributed by atoms with van der Waals surface area (Å²) in [7, 11) is 0. The van der Waals surface area contributed by atoms with Crippen LogP contribution in [0, 0.1) is 22.7 Å². The van der Waals surface area contributed by atoms with Gasteiger partial charge in [0.2, 0.25) is 5.78 Å². The van der Waals surface area contributed by atoms with Gasteiger partial charge in [-0.05, 0) is 57.1 Å². The van der Waals surface area contributed by atoms with Crippen molar-refractivity contribution in [2.75, 3.05) is 6.61 Å². The lowest BCUT2D eigenvalue weighted by Crippen LogP contribution is -2.69. The Morgan fingerprint density at radius 1 is 1.27 bits per heavy atom. The van der Waals surface area contributed by atoms with E-state index in [1.54, 1.807) is 19.9 Å². The normalized spacial score (nSPS) is 47.1. The van der Waals surface area contributed by atoms with Crippen LogP contribution in [-0.4, -0.2) is 51.7 Å². The number of carbonyl (C=O) groups excluding carboxylic acids is 3. The number of Topliss-reactive ketones (excluding diaryl/α,β-unsaturated/α-hetero) is 1. The van der Waals surface area contributed by atoms with E-state index in [9.17, 15) is 24.6 Å². The summed E-state index contributed by atoms with van der Waals surface area (Å²) in [5.74, 6) is -2.28. The van der Waals surface area contributed by atoms with E-state index >= 15 is 4.39 Å². The number of aliphatic hydroxyl groups excluding tert-OH is 1. The summed E-state index contributed by atoms with van der Waals surface area (Å²) < 4.78 is 21.7. The van der Waals surface area contributed by atoms with E-state index in [-0.39, 0.29) is 24.5 Å². The van der Waals surface area contributed by atoms with Gasteiger partial charge in [-0.2, -0.15) is 0 Å². The molecule has 3 fully saturated rings. The highest BCUT2D eigenvalue weighted by molar-refractivity contribution is 6.01. The summed E-state index contributed by atoms with van der Waals surface area (Å²) in [6.45, 7) is 4.12. The molecule has 164 valence electrons. The predicted octanol–water partition coefficient (Wildman–Crippen LogP) is 2.22. The lowest BCUT2D eigenvalue weighted by atomic mass is 9.44. The van der Waals surface area contributed by atoms with Gasteiger partial charge in [-0.1, -0.05) is 18.6 Å². The number of ether oxygens (including phenoxy) is 1. The molecule has 30 heavy (non-hydrogen) atoms. The largest absolute Gasteiger partial charge is 0.458 e. The number of hydrogen-bond acceptors (Lipinski definition) is 6. The number of carbonyl (C=O) groups is 3. The van der Waals surface area contributed by atoms with E-state index in [0.29, 0.717) is 24.8 Å². The van der Waals surface area contributed by atoms with Crippen molar-refractivity contribution in [2.24, 2.45) is 22.7 Å². The lowest BCUT2D eigenvalue weighted by molar-refractivity contribution is -0.217. The number of halogens is 1. The van der Waals surface area contributed by atoms with Crippen molar-refractivity contribution in [3.8, 4) is 0 Å². The Morgan fingerprint density at radius 2 is 1.97 bits per heavy atom. The quantitative estimate of drug-likeness (QED) is 0.679. The van der Waals surface area contributed by atoms with Crippen LogP contribution in [0.1, 0.15) is 52.9 Å². The first-order chi connectivity index (χ1) is 13.9. The second-order valence-electron chi connectivity index (χ2n) is 9.87. The fraction of sp³-hybridized carbons (Fsp3) is 0.696. The molecule has 0 bridgehead atoms. The molecule has 0 aromatic carbocycles. The van der Waals surface area contributed by atoms with Crippen LogP contribution in [0.25, 0.3) is 0 Å². The van der Waals surface area contributed by atoms with E-state index in [0.717, 1.165) is 0 Å².